The van der Waals surface area contributed by atoms with Gasteiger partial charge in [0.1, 0.15) is 17.4 Å². The zero-order valence-corrected chi connectivity index (χ0v) is 30.3. The second kappa shape index (κ2) is 18.6. The molecule has 262 valence electrons. The van der Waals surface area contributed by atoms with Gasteiger partial charge >= 0.3 is 0 Å². The van der Waals surface area contributed by atoms with Crippen LogP contribution in [0, 0.1) is 29.4 Å². The number of hydrogen-bond donors (Lipinski definition) is 3. The van der Waals surface area contributed by atoms with E-state index in [4.69, 9.17) is 0 Å². The number of carbonyl (C=O) groups excluding carboxylic acids is 2. The van der Waals surface area contributed by atoms with E-state index in [1.807, 2.05) is 41.5 Å². The molecule has 0 spiro atoms. The van der Waals surface area contributed by atoms with Crippen molar-refractivity contribution in [3.8, 4) is 0 Å². The zero-order chi connectivity index (χ0) is 35.4. The number of hydrogen-bond acceptors (Lipinski definition) is 4. The summed E-state index contributed by atoms with van der Waals surface area (Å²) < 4.78 is 28.1. The lowest BCUT2D eigenvalue weighted by Crippen LogP contribution is -2.53. The quantitative estimate of drug-likeness (QED) is 0.224. The average Bonchev–Trinajstić information content (AvgIpc) is 3.29. The third kappa shape index (κ3) is 11.3. The number of aliphatic hydroxyl groups is 1. The van der Waals surface area contributed by atoms with E-state index in [1.54, 1.807) is 6.08 Å². The molecular formula is C40H60F2N2O3. The van der Waals surface area contributed by atoms with Crippen LogP contribution in [0.3, 0.4) is 0 Å². The highest BCUT2D eigenvalue weighted by molar-refractivity contribution is 5.91. The molecule has 4 rings (SSSR count). The summed E-state index contributed by atoms with van der Waals surface area (Å²) in [6.45, 7) is 18.7. The van der Waals surface area contributed by atoms with Crippen LogP contribution in [0.25, 0.3) is 0 Å². The number of amides is 1. The molecule has 0 aliphatic heterocycles. The maximum Gasteiger partial charge on any atom is 0.243 e. The Morgan fingerprint density at radius 1 is 1.00 bits per heavy atom. The van der Waals surface area contributed by atoms with Gasteiger partial charge in [-0.1, -0.05) is 112 Å². The highest BCUT2D eigenvalue weighted by Gasteiger charge is 2.37. The molecule has 5 unspecified atom stereocenters. The molecule has 7 heteroatoms. The topological polar surface area (TPSA) is 78.4 Å². The van der Waals surface area contributed by atoms with Gasteiger partial charge in [0.15, 0.2) is 0 Å². The number of Topliss-reactive ketones (excluding diaryl/α,β-unsaturated/α-hetero) is 1. The van der Waals surface area contributed by atoms with Crippen LogP contribution in [0.15, 0.2) is 54.6 Å². The first-order valence-electron chi connectivity index (χ1n) is 17.8. The SMILES string of the molecule is CC.CC.CC1CC(C)C(/C=C\C(=O)NC(Cc2cc(F)cc(F)c2)C(O)CNC2(c3cccc(C(C)(C)C)c3)CCCCC2)C1=O. The number of allylic oxidation sites excluding steroid dienone is 1. The summed E-state index contributed by atoms with van der Waals surface area (Å²) in [5, 5.41) is 18.0. The lowest BCUT2D eigenvalue weighted by Gasteiger charge is -2.41. The van der Waals surface area contributed by atoms with Gasteiger partial charge < -0.3 is 15.7 Å². The Bertz CT molecular complexity index is 1290. The van der Waals surface area contributed by atoms with Gasteiger partial charge in [-0.05, 0) is 71.9 Å². The third-order valence-electron chi connectivity index (χ3n) is 9.42. The van der Waals surface area contributed by atoms with Crippen LogP contribution in [-0.4, -0.2) is 35.5 Å². The van der Waals surface area contributed by atoms with Gasteiger partial charge in [-0.3, -0.25) is 9.59 Å². The fourth-order valence-corrected chi connectivity index (χ4v) is 6.85. The van der Waals surface area contributed by atoms with E-state index >= 15 is 0 Å². The molecular weight excluding hydrogens is 594 g/mol. The first kappa shape index (κ1) is 40.3. The molecule has 0 heterocycles. The number of benzene rings is 2. The van der Waals surface area contributed by atoms with Crippen molar-refractivity contribution in [1.29, 1.82) is 0 Å². The van der Waals surface area contributed by atoms with Crippen molar-refractivity contribution >= 4 is 11.7 Å². The summed E-state index contributed by atoms with van der Waals surface area (Å²) in [5.74, 6) is -1.96. The maximum atomic E-state index is 14.0. The van der Waals surface area contributed by atoms with Gasteiger partial charge in [-0.2, -0.15) is 0 Å². The molecule has 0 saturated heterocycles. The summed E-state index contributed by atoms with van der Waals surface area (Å²) in [6.07, 6.45) is 7.92. The van der Waals surface area contributed by atoms with Crippen molar-refractivity contribution in [3.05, 3.63) is 82.9 Å². The van der Waals surface area contributed by atoms with Gasteiger partial charge in [-0.25, -0.2) is 8.78 Å². The first-order valence-corrected chi connectivity index (χ1v) is 17.8. The predicted molar refractivity (Wildman–Crippen MR) is 189 cm³/mol. The molecule has 47 heavy (non-hydrogen) atoms. The number of ketones is 1. The molecule has 0 bridgehead atoms. The molecule has 1 amide bonds. The standard InChI is InChI=1S/C36H48F2N2O3.2C2H6/c1-23-16-24(2)34(43)30(23)12-13-33(42)40-31(19-25-17-28(37)21-29(38)18-25)32(41)22-39-36(14-7-6-8-15-36)27-11-9-10-26(20-27)35(3,4)5;2*1-2/h9-13,17-18,20-21,23-24,30-32,39,41H,6-8,14-16,19,22H2,1-5H3,(H,40,42);2*1-2H3/b13-12-;;. The number of nitrogens with one attached hydrogen (secondary N) is 2. The van der Waals surface area contributed by atoms with Crippen LogP contribution in [0.4, 0.5) is 8.78 Å². The predicted octanol–water partition coefficient (Wildman–Crippen LogP) is 8.57. The van der Waals surface area contributed by atoms with Crippen LogP contribution < -0.4 is 10.6 Å². The monoisotopic (exact) mass is 654 g/mol. The van der Waals surface area contributed by atoms with E-state index in [2.05, 4.69) is 55.7 Å². The number of halogens is 2. The van der Waals surface area contributed by atoms with E-state index in [0.29, 0.717) is 5.56 Å². The van der Waals surface area contributed by atoms with E-state index < -0.39 is 29.7 Å². The number of aliphatic hydroxyl groups excluding tert-OH is 1. The number of carbonyl (C=O) groups is 2. The Kier molecular flexibility index (Phi) is 15.9. The molecule has 2 aromatic rings. The Morgan fingerprint density at radius 3 is 2.17 bits per heavy atom. The van der Waals surface area contributed by atoms with Gasteiger partial charge in [0.25, 0.3) is 0 Å². The van der Waals surface area contributed by atoms with Crippen molar-refractivity contribution < 1.29 is 23.5 Å². The molecule has 2 aliphatic rings. The molecule has 2 aliphatic carbocycles. The molecule has 2 saturated carbocycles. The van der Waals surface area contributed by atoms with Gasteiger partial charge in [0.05, 0.1) is 12.1 Å². The highest BCUT2D eigenvalue weighted by atomic mass is 19.1. The second-order valence-corrected chi connectivity index (χ2v) is 13.9. The summed E-state index contributed by atoms with van der Waals surface area (Å²) >= 11 is 0. The van der Waals surface area contributed by atoms with E-state index in [0.717, 1.165) is 44.6 Å². The summed E-state index contributed by atoms with van der Waals surface area (Å²) in [4.78, 5) is 25.6. The molecule has 2 fully saturated rings. The Hall–Kier alpha value is -2.90. The van der Waals surface area contributed by atoms with Gasteiger partial charge in [0.2, 0.25) is 5.91 Å². The van der Waals surface area contributed by atoms with Crippen LogP contribution in [-0.2, 0) is 27.0 Å². The van der Waals surface area contributed by atoms with E-state index in [1.165, 1.54) is 29.3 Å². The molecule has 5 atom stereocenters. The zero-order valence-electron chi connectivity index (χ0n) is 30.3. The fraction of sp³-hybridized carbons (Fsp3) is 0.600. The third-order valence-corrected chi connectivity index (χ3v) is 9.42. The summed E-state index contributed by atoms with van der Waals surface area (Å²) in [7, 11) is 0. The maximum absolute atomic E-state index is 14.0. The van der Waals surface area contributed by atoms with Crippen molar-refractivity contribution in [2.24, 2.45) is 17.8 Å². The largest absolute Gasteiger partial charge is 0.390 e. The Labute approximate surface area is 283 Å². The van der Waals surface area contributed by atoms with Gasteiger partial charge in [-0.15, -0.1) is 0 Å². The van der Waals surface area contributed by atoms with Crippen molar-refractivity contribution in [3.63, 3.8) is 0 Å². The Morgan fingerprint density at radius 2 is 1.62 bits per heavy atom. The molecule has 5 nitrogen and oxygen atoms in total. The van der Waals surface area contributed by atoms with Crippen molar-refractivity contribution in [2.75, 3.05) is 6.54 Å². The van der Waals surface area contributed by atoms with Crippen molar-refractivity contribution in [2.45, 2.75) is 130 Å². The summed E-state index contributed by atoms with van der Waals surface area (Å²) in [6, 6.07) is 11.1. The summed E-state index contributed by atoms with van der Waals surface area (Å²) in [5.41, 5.74) is 2.44. The molecule has 3 N–H and O–H groups in total. The molecule has 0 aromatic heterocycles. The van der Waals surface area contributed by atoms with E-state index in [9.17, 15) is 23.5 Å². The lowest BCUT2D eigenvalue weighted by molar-refractivity contribution is -0.122. The lowest BCUT2D eigenvalue weighted by atomic mass is 9.74. The van der Waals surface area contributed by atoms with Gasteiger partial charge in [0, 0.05) is 30.0 Å². The normalized spacial score (nSPS) is 22.0. The first-order chi connectivity index (χ1) is 22.3. The van der Waals surface area contributed by atoms with Crippen LogP contribution in [0.1, 0.15) is 118 Å². The van der Waals surface area contributed by atoms with Crippen LogP contribution in [0.5, 0.6) is 0 Å². The van der Waals surface area contributed by atoms with Crippen LogP contribution in [0.2, 0.25) is 0 Å². The highest BCUT2D eigenvalue weighted by Crippen LogP contribution is 2.39. The Balaban J connectivity index is 0.00000185. The minimum Gasteiger partial charge on any atom is -0.390 e. The average molecular weight is 655 g/mol. The van der Waals surface area contributed by atoms with Crippen molar-refractivity contribution in [1.82, 2.24) is 10.6 Å². The second-order valence-electron chi connectivity index (χ2n) is 13.9. The smallest absolute Gasteiger partial charge is 0.243 e. The minimum absolute atomic E-state index is 0.00650. The molecule has 2 aromatic carbocycles. The fourth-order valence-electron chi connectivity index (χ4n) is 6.85. The molecule has 0 radical (unpaired) electrons. The number of rotatable bonds is 10. The van der Waals surface area contributed by atoms with E-state index in [-0.39, 0.29) is 47.5 Å². The van der Waals surface area contributed by atoms with Crippen LogP contribution >= 0.6 is 0 Å². The minimum atomic E-state index is -1.04.